The predicted octanol–water partition coefficient (Wildman–Crippen LogP) is 9.54. The zero-order valence-electron chi connectivity index (χ0n) is 14.7. The molecule has 0 aliphatic heterocycles. The Labute approximate surface area is 188 Å². The maximum atomic E-state index is 6.51. The molecule has 0 nitrogen and oxygen atoms in total. The molecule has 0 heterocycles. The number of rotatable bonds is 9. The third-order valence-corrected chi connectivity index (χ3v) is 8.37. The predicted molar refractivity (Wildman–Crippen MR) is 123 cm³/mol. The number of hydrogen-bond donors (Lipinski definition) is 2. The topological polar surface area (TPSA) is 0 Å². The Morgan fingerprint density at radius 1 is 0.680 bits per heavy atom. The molecule has 1 aromatic rings. The van der Waals surface area contributed by atoms with E-state index in [9.17, 15) is 0 Å². The summed E-state index contributed by atoms with van der Waals surface area (Å²) in [5, 5.41) is 1.15. The Bertz CT molecular complexity index is 569. The fourth-order valence-corrected chi connectivity index (χ4v) is 5.06. The van der Waals surface area contributed by atoms with E-state index in [1.807, 2.05) is 13.8 Å². The summed E-state index contributed by atoms with van der Waals surface area (Å²) in [6, 6.07) is 0. The van der Waals surface area contributed by atoms with Crippen molar-refractivity contribution in [1.82, 2.24) is 0 Å². The van der Waals surface area contributed by atoms with Crippen LogP contribution in [-0.4, -0.2) is 4.75 Å². The molecule has 0 saturated heterocycles. The molecule has 0 aromatic heterocycles. The molecule has 1 atom stereocenters. The monoisotopic (exact) mass is 480 g/mol. The van der Waals surface area contributed by atoms with Gasteiger partial charge in [0.15, 0.2) is 0 Å². The Hall–Kier alpha value is 1.37. The molecule has 1 rings (SSSR count). The second kappa shape index (κ2) is 10.2. The summed E-state index contributed by atoms with van der Waals surface area (Å²) in [6.07, 6.45) is 7.82. The maximum absolute atomic E-state index is 6.51. The van der Waals surface area contributed by atoms with Crippen LogP contribution >= 0.6 is 83.3 Å². The first-order chi connectivity index (χ1) is 11.5. The number of benzene rings is 1. The molecule has 7 heteroatoms. The van der Waals surface area contributed by atoms with Gasteiger partial charge in [-0.25, -0.2) is 0 Å². The standard InChI is InChI=1S/C18H25Cl5S2/c1-4-5-6-7-8-9-10-18(25,17(2,3)24)11-12(19)14(21)16(23)15(22)13(11)20/h24-25H,4-10H2,1-3H3. The first-order valence-electron chi connectivity index (χ1n) is 8.45. The van der Waals surface area contributed by atoms with E-state index < -0.39 is 9.49 Å². The van der Waals surface area contributed by atoms with Gasteiger partial charge in [0.25, 0.3) is 0 Å². The van der Waals surface area contributed by atoms with E-state index >= 15 is 0 Å². The number of hydrogen-bond acceptors (Lipinski definition) is 2. The van der Waals surface area contributed by atoms with Gasteiger partial charge >= 0.3 is 0 Å². The van der Waals surface area contributed by atoms with Crippen LogP contribution in [0.15, 0.2) is 0 Å². The second-order valence-electron chi connectivity index (χ2n) is 6.88. The lowest BCUT2D eigenvalue weighted by Crippen LogP contribution is -2.39. The van der Waals surface area contributed by atoms with E-state index in [1.54, 1.807) is 0 Å². The minimum absolute atomic E-state index is 0.161. The zero-order chi connectivity index (χ0) is 19.4. The summed E-state index contributed by atoms with van der Waals surface area (Å²) >= 11 is 41.4. The minimum Gasteiger partial charge on any atom is -0.171 e. The van der Waals surface area contributed by atoms with E-state index in [2.05, 4.69) is 6.92 Å². The first-order valence-corrected chi connectivity index (χ1v) is 11.2. The van der Waals surface area contributed by atoms with Gasteiger partial charge in [-0.3, -0.25) is 0 Å². The van der Waals surface area contributed by atoms with Crippen molar-refractivity contribution in [1.29, 1.82) is 0 Å². The number of thiol groups is 2. The van der Waals surface area contributed by atoms with Gasteiger partial charge < -0.3 is 0 Å². The molecule has 0 aliphatic rings. The normalized spacial score (nSPS) is 14.6. The summed E-state index contributed by atoms with van der Waals surface area (Å²) in [4.78, 5) is 0. The van der Waals surface area contributed by atoms with Crippen molar-refractivity contribution in [3.05, 3.63) is 30.7 Å². The van der Waals surface area contributed by atoms with E-state index in [-0.39, 0.29) is 15.1 Å². The van der Waals surface area contributed by atoms with Gasteiger partial charge in [-0.05, 0) is 20.3 Å². The SMILES string of the molecule is CCCCCCCCC(S)(c1c(Cl)c(Cl)c(Cl)c(Cl)c1Cl)C(C)(C)S. The highest BCUT2D eigenvalue weighted by atomic mass is 35.5. The molecule has 25 heavy (non-hydrogen) atoms. The molecule has 0 amide bonds. The fourth-order valence-electron chi connectivity index (χ4n) is 2.87. The largest absolute Gasteiger partial charge is 0.171 e. The molecule has 0 radical (unpaired) electrons. The average molecular weight is 483 g/mol. The third kappa shape index (κ3) is 5.68. The summed E-state index contributed by atoms with van der Waals surface area (Å²) in [5.74, 6) is 0. The van der Waals surface area contributed by atoms with Crippen molar-refractivity contribution in [3.63, 3.8) is 0 Å². The zero-order valence-corrected chi connectivity index (χ0v) is 20.3. The summed E-state index contributed by atoms with van der Waals surface area (Å²) < 4.78 is -1.21. The maximum Gasteiger partial charge on any atom is 0.0809 e. The lowest BCUT2D eigenvalue weighted by molar-refractivity contribution is 0.438. The van der Waals surface area contributed by atoms with Crippen molar-refractivity contribution in [3.8, 4) is 0 Å². The van der Waals surface area contributed by atoms with Gasteiger partial charge in [0, 0.05) is 10.3 Å². The Morgan fingerprint density at radius 3 is 1.52 bits per heavy atom. The molecule has 0 spiro atoms. The van der Waals surface area contributed by atoms with Crippen LogP contribution in [0, 0.1) is 0 Å². The Morgan fingerprint density at radius 2 is 1.08 bits per heavy atom. The van der Waals surface area contributed by atoms with Crippen LogP contribution in [0.3, 0.4) is 0 Å². The summed E-state index contributed by atoms with van der Waals surface area (Å²) in [6.45, 7) is 6.19. The first kappa shape index (κ1) is 24.4. The van der Waals surface area contributed by atoms with Crippen LogP contribution in [-0.2, 0) is 4.75 Å². The smallest absolute Gasteiger partial charge is 0.0809 e. The van der Waals surface area contributed by atoms with E-state index in [0.29, 0.717) is 15.6 Å². The van der Waals surface area contributed by atoms with Gasteiger partial charge in [0.2, 0.25) is 0 Å². The highest BCUT2D eigenvalue weighted by Crippen LogP contribution is 2.55. The quantitative estimate of drug-likeness (QED) is 0.149. The van der Waals surface area contributed by atoms with Gasteiger partial charge in [-0.2, -0.15) is 25.3 Å². The molecule has 0 N–H and O–H groups in total. The lowest BCUT2D eigenvalue weighted by atomic mass is 9.82. The second-order valence-corrected chi connectivity index (χ2v) is 10.7. The molecule has 0 saturated carbocycles. The fraction of sp³-hybridized carbons (Fsp3) is 0.667. The van der Waals surface area contributed by atoms with Gasteiger partial charge in [-0.15, -0.1) is 0 Å². The molecular weight excluding hydrogens is 458 g/mol. The van der Waals surface area contributed by atoms with Crippen molar-refractivity contribution < 1.29 is 0 Å². The van der Waals surface area contributed by atoms with Crippen LogP contribution in [0.2, 0.25) is 25.1 Å². The molecule has 0 aliphatic carbocycles. The average Bonchev–Trinajstić information content (AvgIpc) is 2.53. The van der Waals surface area contributed by atoms with Gasteiger partial charge in [0.1, 0.15) is 0 Å². The van der Waals surface area contributed by atoms with Crippen LogP contribution in [0.1, 0.15) is 71.3 Å². The Balaban J connectivity index is 3.20. The highest BCUT2D eigenvalue weighted by Gasteiger charge is 2.44. The molecular formula is C18H25Cl5S2. The van der Waals surface area contributed by atoms with Crippen LogP contribution < -0.4 is 0 Å². The Kier molecular flexibility index (Phi) is 9.99. The van der Waals surface area contributed by atoms with E-state index in [0.717, 1.165) is 19.3 Å². The summed E-state index contributed by atoms with van der Waals surface area (Å²) in [5.41, 5.74) is 0.604. The third-order valence-electron chi connectivity index (χ3n) is 4.53. The molecule has 0 fully saturated rings. The van der Waals surface area contributed by atoms with Crippen molar-refractivity contribution in [2.45, 2.75) is 75.2 Å². The molecule has 1 aromatic carbocycles. The van der Waals surface area contributed by atoms with Crippen molar-refractivity contribution in [2.24, 2.45) is 0 Å². The van der Waals surface area contributed by atoms with Crippen LogP contribution in [0.25, 0.3) is 0 Å². The van der Waals surface area contributed by atoms with E-state index in [4.69, 9.17) is 83.3 Å². The molecule has 1 unspecified atom stereocenters. The number of halogens is 5. The van der Waals surface area contributed by atoms with Crippen LogP contribution in [0.5, 0.6) is 0 Å². The molecule has 0 bridgehead atoms. The van der Waals surface area contributed by atoms with E-state index in [1.165, 1.54) is 25.7 Å². The summed E-state index contributed by atoms with van der Waals surface area (Å²) in [7, 11) is 0. The van der Waals surface area contributed by atoms with Crippen molar-refractivity contribution in [2.75, 3.05) is 0 Å². The van der Waals surface area contributed by atoms with Crippen molar-refractivity contribution >= 4 is 83.3 Å². The molecule has 144 valence electrons. The van der Waals surface area contributed by atoms with Gasteiger partial charge in [0.05, 0.1) is 29.9 Å². The lowest BCUT2D eigenvalue weighted by Gasteiger charge is -2.42. The van der Waals surface area contributed by atoms with Crippen LogP contribution in [0.4, 0.5) is 0 Å². The minimum atomic E-state index is -0.701. The number of unbranched alkanes of at least 4 members (excludes halogenated alkanes) is 5. The van der Waals surface area contributed by atoms with Gasteiger partial charge in [-0.1, -0.05) is 103 Å². The highest BCUT2D eigenvalue weighted by molar-refractivity contribution is 7.86.